The van der Waals surface area contributed by atoms with Gasteiger partial charge in [0, 0.05) is 38.3 Å². The number of hydrogen-bond donors (Lipinski definition) is 1. The summed E-state index contributed by atoms with van der Waals surface area (Å²) in [5.41, 5.74) is 0.257. The summed E-state index contributed by atoms with van der Waals surface area (Å²) >= 11 is 0. The molecule has 3 rings (SSSR count). The number of hydrogen-bond acceptors (Lipinski definition) is 3. The molecule has 0 spiro atoms. The minimum Gasteiger partial charge on any atom is -0.505 e. The van der Waals surface area contributed by atoms with Crippen LogP contribution >= 0.6 is 0 Å². The largest absolute Gasteiger partial charge is 0.505 e. The van der Waals surface area contributed by atoms with E-state index in [1.807, 2.05) is 4.90 Å². The molecule has 0 aromatic heterocycles. The van der Waals surface area contributed by atoms with Crippen molar-refractivity contribution in [1.29, 1.82) is 0 Å². The molecule has 134 valence electrons. The molecule has 1 saturated carbocycles. The third-order valence-electron chi connectivity index (χ3n) is 5.54. The molecule has 3 nitrogen and oxygen atoms in total. The number of aromatic hydroxyl groups is 1. The van der Waals surface area contributed by atoms with Crippen molar-refractivity contribution in [3.8, 4) is 5.75 Å². The van der Waals surface area contributed by atoms with Crippen molar-refractivity contribution in [1.82, 2.24) is 4.90 Å². The second-order valence-corrected chi connectivity index (χ2v) is 7.23. The van der Waals surface area contributed by atoms with Crippen LogP contribution in [-0.4, -0.2) is 42.7 Å². The lowest BCUT2D eigenvalue weighted by atomic mass is 9.86. The quantitative estimate of drug-likeness (QED) is 0.873. The molecule has 24 heavy (non-hydrogen) atoms. The van der Waals surface area contributed by atoms with E-state index >= 15 is 0 Å². The van der Waals surface area contributed by atoms with Crippen LogP contribution < -0.4 is 4.90 Å². The van der Waals surface area contributed by atoms with Crippen molar-refractivity contribution in [2.45, 2.75) is 44.9 Å². The van der Waals surface area contributed by atoms with Crippen LogP contribution in [0.1, 0.15) is 44.9 Å². The maximum Gasteiger partial charge on any atom is 0.167 e. The van der Waals surface area contributed by atoms with Crippen molar-refractivity contribution in [3.63, 3.8) is 0 Å². The predicted molar refractivity (Wildman–Crippen MR) is 92.5 cm³/mol. The molecular weight excluding hydrogens is 310 g/mol. The Morgan fingerprint density at radius 1 is 0.958 bits per heavy atom. The number of phenolic OH excluding ortho intramolecular Hbond substituents is 1. The Bertz CT molecular complexity index is 538. The monoisotopic (exact) mass is 338 g/mol. The summed E-state index contributed by atoms with van der Waals surface area (Å²) in [5.74, 6) is -1.02. The Morgan fingerprint density at radius 2 is 1.67 bits per heavy atom. The maximum absolute atomic E-state index is 13.9. The van der Waals surface area contributed by atoms with Crippen LogP contribution in [-0.2, 0) is 0 Å². The highest BCUT2D eigenvalue weighted by Gasteiger charge is 2.21. The van der Waals surface area contributed by atoms with Gasteiger partial charge < -0.3 is 10.0 Å². The Labute approximate surface area is 143 Å². The molecule has 5 heteroatoms. The third-order valence-corrected chi connectivity index (χ3v) is 5.54. The molecule has 1 saturated heterocycles. The van der Waals surface area contributed by atoms with Gasteiger partial charge in [0.05, 0.1) is 5.69 Å². The van der Waals surface area contributed by atoms with E-state index in [9.17, 15) is 13.9 Å². The molecule has 0 unspecified atom stereocenters. The van der Waals surface area contributed by atoms with Crippen molar-refractivity contribution in [2.24, 2.45) is 5.92 Å². The lowest BCUT2D eigenvalue weighted by molar-refractivity contribution is 0.237. The second kappa shape index (κ2) is 8.15. The van der Waals surface area contributed by atoms with Gasteiger partial charge in [-0.1, -0.05) is 32.1 Å². The molecule has 1 N–H and O–H groups in total. The van der Waals surface area contributed by atoms with Gasteiger partial charge in [-0.2, -0.15) is 0 Å². The van der Waals surface area contributed by atoms with Crippen molar-refractivity contribution < 1.29 is 13.9 Å². The summed E-state index contributed by atoms with van der Waals surface area (Å²) in [6.45, 7) is 4.27. The van der Waals surface area contributed by atoms with Gasteiger partial charge >= 0.3 is 0 Å². The summed E-state index contributed by atoms with van der Waals surface area (Å²) in [4.78, 5) is 4.30. The summed E-state index contributed by atoms with van der Waals surface area (Å²) in [7, 11) is 0. The van der Waals surface area contributed by atoms with Crippen LogP contribution in [0.2, 0.25) is 0 Å². The van der Waals surface area contributed by atoms with Gasteiger partial charge in [-0.25, -0.2) is 8.78 Å². The molecule has 0 bridgehead atoms. The SMILES string of the molecule is Oc1cc(F)c(N2CCN(CCCC3CCCCC3)CC2)cc1F. The minimum absolute atomic E-state index is 0.257. The Balaban J connectivity index is 1.43. The maximum atomic E-state index is 13.9. The van der Waals surface area contributed by atoms with Crippen LogP contribution in [0.25, 0.3) is 0 Å². The van der Waals surface area contributed by atoms with Gasteiger partial charge in [0.25, 0.3) is 0 Å². The fraction of sp³-hybridized carbons (Fsp3) is 0.684. The first-order chi connectivity index (χ1) is 11.6. The van der Waals surface area contributed by atoms with Crippen LogP contribution in [0.4, 0.5) is 14.5 Å². The molecule has 2 fully saturated rings. The highest BCUT2D eigenvalue weighted by molar-refractivity contribution is 5.51. The number of benzene rings is 1. The van der Waals surface area contributed by atoms with Crippen molar-refractivity contribution in [3.05, 3.63) is 23.8 Å². The summed E-state index contributed by atoms with van der Waals surface area (Å²) in [6.07, 6.45) is 9.59. The summed E-state index contributed by atoms with van der Waals surface area (Å²) < 4.78 is 27.4. The van der Waals surface area contributed by atoms with Gasteiger partial charge in [0.1, 0.15) is 5.82 Å². The van der Waals surface area contributed by atoms with Gasteiger partial charge in [0.15, 0.2) is 11.6 Å². The first-order valence-electron chi connectivity index (χ1n) is 9.29. The summed E-state index contributed by atoms with van der Waals surface area (Å²) in [6, 6.07) is 1.96. The normalized spacial score (nSPS) is 20.5. The smallest absolute Gasteiger partial charge is 0.167 e. The van der Waals surface area contributed by atoms with E-state index in [1.165, 1.54) is 44.9 Å². The number of anilines is 1. The Hall–Kier alpha value is -1.36. The number of phenols is 1. The van der Waals surface area contributed by atoms with Crippen LogP contribution in [0.3, 0.4) is 0 Å². The average Bonchev–Trinajstić information content (AvgIpc) is 2.60. The fourth-order valence-electron chi connectivity index (χ4n) is 4.06. The van der Waals surface area contributed by atoms with E-state index in [1.54, 1.807) is 0 Å². The van der Waals surface area contributed by atoms with E-state index in [-0.39, 0.29) is 5.69 Å². The zero-order valence-corrected chi connectivity index (χ0v) is 14.3. The Morgan fingerprint density at radius 3 is 2.38 bits per heavy atom. The molecule has 1 aromatic rings. The molecular formula is C19H28F2N2O. The zero-order chi connectivity index (χ0) is 16.9. The number of halogens is 2. The molecule has 1 aliphatic heterocycles. The third kappa shape index (κ3) is 4.38. The summed E-state index contributed by atoms with van der Waals surface area (Å²) in [5, 5.41) is 9.23. The zero-order valence-electron chi connectivity index (χ0n) is 14.3. The van der Waals surface area contributed by atoms with E-state index < -0.39 is 17.4 Å². The number of rotatable bonds is 5. The Kier molecular flexibility index (Phi) is 5.93. The molecule has 0 atom stereocenters. The first kappa shape index (κ1) is 17.5. The molecule has 0 amide bonds. The predicted octanol–water partition coefficient (Wildman–Crippen LogP) is 4.15. The van der Waals surface area contributed by atoms with Crippen molar-refractivity contribution in [2.75, 3.05) is 37.6 Å². The fourth-order valence-corrected chi connectivity index (χ4v) is 4.06. The average molecular weight is 338 g/mol. The standard InChI is InChI=1S/C19H28F2N2O/c20-16-14-19(24)17(21)13-18(16)23-11-9-22(10-12-23)8-4-7-15-5-2-1-3-6-15/h13-15,24H,1-12H2. The van der Waals surface area contributed by atoms with Gasteiger partial charge in [-0.15, -0.1) is 0 Å². The molecule has 1 aliphatic carbocycles. The second-order valence-electron chi connectivity index (χ2n) is 7.23. The molecule has 2 aliphatic rings. The van der Waals surface area contributed by atoms with Gasteiger partial charge in [0.2, 0.25) is 0 Å². The van der Waals surface area contributed by atoms with E-state index in [0.717, 1.165) is 37.7 Å². The van der Waals surface area contributed by atoms with Gasteiger partial charge in [-0.05, 0) is 25.3 Å². The highest BCUT2D eigenvalue weighted by Crippen LogP contribution is 2.29. The molecule has 0 radical (unpaired) electrons. The van der Waals surface area contributed by atoms with E-state index in [4.69, 9.17) is 0 Å². The minimum atomic E-state index is -0.763. The van der Waals surface area contributed by atoms with Crippen LogP contribution in [0.5, 0.6) is 5.75 Å². The number of piperazine rings is 1. The van der Waals surface area contributed by atoms with Crippen LogP contribution in [0.15, 0.2) is 12.1 Å². The van der Waals surface area contributed by atoms with Gasteiger partial charge in [-0.3, -0.25) is 4.90 Å². The molecule has 1 aromatic carbocycles. The van der Waals surface area contributed by atoms with E-state index in [0.29, 0.717) is 13.1 Å². The lowest BCUT2D eigenvalue weighted by Gasteiger charge is -2.36. The van der Waals surface area contributed by atoms with Crippen LogP contribution in [0, 0.1) is 17.6 Å². The van der Waals surface area contributed by atoms with Crippen molar-refractivity contribution >= 4 is 5.69 Å². The number of nitrogens with zero attached hydrogens (tertiary/aromatic N) is 2. The molecule has 1 heterocycles. The topological polar surface area (TPSA) is 26.7 Å². The van der Waals surface area contributed by atoms with E-state index in [2.05, 4.69) is 4.90 Å². The highest BCUT2D eigenvalue weighted by atomic mass is 19.1. The lowest BCUT2D eigenvalue weighted by Crippen LogP contribution is -2.47. The first-order valence-corrected chi connectivity index (χ1v) is 9.29.